The maximum absolute atomic E-state index is 11.4. The van der Waals surface area contributed by atoms with E-state index in [0.717, 1.165) is 5.13 Å². The third kappa shape index (κ3) is 2.54. The van der Waals surface area contributed by atoms with Crippen LogP contribution in [0.1, 0.15) is 28.3 Å². The smallest absolute Gasteiger partial charge is 0.357 e. The summed E-state index contributed by atoms with van der Waals surface area (Å²) in [6, 6.07) is 4.37. The molecule has 0 bridgehead atoms. The lowest BCUT2D eigenvalue weighted by atomic mass is 10.2. The summed E-state index contributed by atoms with van der Waals surface area (Å²) >= 11 is 3.16. The lowest BCUT2D eigenvalue weighted by Crippen LogP contribution is -2.20. The Bertz CT molecular complexity index is 522. The molecule has 0 aliphatic carbocycles. The van der Waals surface area contributed by atoms with E-state index < -0.39 is 5.97 Å². The maximum Gasteiger partial charge on any atom is 0.357 e. The summed E-state index contributed by atoms with van der Waals surface area (Å²) in [6.45, 7) is 2.12. The predicted octanol–water partition coefficient (Wildman–Crippen LogP) is 3.19. The van der Waals surface area contributed by atoms with E-state index in [9.17, 15) is 4.79 Å². The average molecular weight is 282 g/mol. The van der Waals surface area contributed by atoms with E-state index in [0.29, 0.717) is 5.69 Å². The fourth-order valence-electron chi connectivity index (χ4n) is 1.51. The minimum absolute atomic E-state index is 0.238. The van der Waals surface area contributed by atoms with E-state index in [1.54, 1.807) is 16.7 Å². The maximum atomic E-state index is 11.4. The van der Waals surface area contributed by atoms with Crippen molar-refractivity contribution < 1.29 is 9.53 Å². The zero-order valence-corrected chi connectivity index (χ0v) is 12.0. The van der Waals surface area contributed by atoms with Crippen LogP contribution in [-0.4, -0.2) is 25.1 Å². The zero-order valence-electron chi connectivity index (χ0n) is 10.4. The molecule has 1 atom stereocenters. The van der Waals surface area contributed by atoms with Crippen molar-refractivity contribution in [3.8, 4) is 0 Å². The van der Waals surface area contributed by atoms with Crippen molar-refractivity contribution >= 4 is 33.8 Å². The van der Waals surface area contributed by atoms with E-state index in [1.807, 2.05) is 13.1 Å². The summed E-state index contributed by atoms with van der Waals surface area (Å²) in [5.74, 6) is -0.394. The molecular weight excluding hydrogens is 268 g/mol. The molecule has 2 aromatic rings. The minimum Gasteiger partial charge on any atom is -0.464 e. The predicted molar refractivity (Wildman–Crippen MR) is 74.6 cm³/mol. The molecule has 0 saturated heterocycles. The van der Waals surface area contributed by atoms with Crippen molar-refractivity contribution in [1.29, 1.82) is 0 Å². The van der Waals surface area contributed by atoms with Crippen LogP contribution in [0.15, 0.2) is 22.9 Å². The van der Waals surface area contributed by atoms with Crippen molar-refractivity contribution in [3.63, 3.8) is 0 Å². The largest absolute Gasteiger partial charge is 0.464 e. The summed E-state index contributed by atoms with van der Waals surface area (Å²) in [7, 11) is 3.34. The summed E-state index contributed by atoms with van der Waals surface area (Å²) in [4.78, 5) is 19.0. The molecule has 0 spiro atoms. The fraction of sp³-hybridized carbons (Fsp3) is 0.333. The van der Waals surface area contributed by atoms with Gasteiger partial charge in [0.05, 0.1) is 13.2 Å². The van der Waals surface area contributed by atoms with Crippen molar-refractivity contribution in [2.45, 2.75) is 13.0 Å². The van der Waals surface area contributed by atoms with Crippen molar-refractivity contribution in [3.05, 3.63) is 33.5 Å². The molecule has 6 heteroatoms. The molecule has 0 aliphatic heterocycles. The van der Waals surface area contributed by atoms with Crippen molar-refractivity contribution in [2.75, 3.05) is 19.1 Å². The van der Waals surface area contributed by atoms with Crippen LogP contribution in [-0.2, 0) is 4.74 Å². The van der Waals surface area contributed by atoms with Crippen molar-refractivity contribution in [2.24, 2.45) is 0 Å². The van der Waals surface area contributed by atoms with Crippen LogP contribution >= 0.6 is 22.7 Å². The third-order valence-electron chi connectivity index (χ3n) is 2.72. The van der Waals surface area contributed by atoms with Crippen LogP contribution in [0, 0.1) is 0 Å². The molecule has 96 valence electrons. The summed E-state index contributed by atoms with van der Waals surface area (Å²) in [6.07, 6.45) is 0. The quantitative estimate of drug-likeness (QED) is 0.808. The van der Waals surface area contributed by atoms with E-state index in [-0.39, 0.29) is 6.04 Å². The van der Waals surface area contributed by atoms with Crippen LogP contribution in [0.2, 0.25) is 0 Å². The first kappa shape index (κ1) is 13.0. The number of aromatic nitrogens is 1. The number of nitrogens with zero attached hydrogens (tertiary/aromatic N) is 2. The number of thiophene rings is 1. The molecule has 1 unspecified atom stereocenters. The SMILES string of the molecule is COC(=O)c1csc(N(C)C(C)c2cccs2)n1. The molecule has 0 radical (unpaired) electrons. The lowest BCUT2D eigenvalue weighted by molar-refractivity contribution is 0.0595. The van der Waals surface area contributed by atoms with Gasteiger partial charge in [-0.25, -0.2) is 9.78 Å². The standard InChI is InChI=1S/C12H14N2O2S2/c1-8(10-5-4-6-17-10)14(2)12-13-9(7-18-12)11(15)16-3/h4-8H,1-3H3. The molecule has 0 aromatic carbocycles. The number of rotatable bonds is 4. The molecule has 4 nitrogen and oxygen atoms in total. The van der Waals surface area contributed by atoms with Crippen LogP contribution in [0.4, 0.5) is 5.13 Å². The molecule has 0 aliphatic rings. The van der Waals surface area contributed by atoms with Crippen LogP contribution in [0.3, 0.4) is 0 Å². The minimum atomic E-state index is -0.394. The summed E-state index contributed by atoms with van der Waals surface area (Å²) in [5, 5.41) is 4.59. The van der Waals surface area contributed by atoms with Crippen LogP contribution < -0.4 is 4.90 Å². The number of carbonyl (C=O) groups excluding carboxylic acids is 1. The van der Waals surface area contributed by atoms with E-state index in [1.165, 1.54) is 23.3 Å². The number of hydrogen-bond donors (Lipinski definition) is 0. The van der Waals surface area contributed by atoms with Gasteiger partial charge >= 0.3 is 5.97 Å². The highest BCUT2D eigenvalue weighted by Gasteiger charge is 2.18. The molecule has 18 heavy (non-hydrogen) atoms. The highest BCUT2D eigenvalue weighted by molar-refractivity contribution is 7.14. The first-order chi connectivity index (χ1) is 8.63. The Morgan fingerprint density at radius 2 is 2.28 bits per heavy atom. The molecule has 2 rings (SSSR count). The number of thiazole rings is 1. The van der Waals surface area contributed by atoms with Gasteiger partial charge in [-0.1, -0.05) is 6.07 Å². The van der Waals surface area contributed by atoms with Gasteiger partial charge in [0, 0.05) is 17.3 Å². The molecule has 0 saturated carbocycles. The molecule has 0 fully saturated rings. The second-order valence-corrected chi connectivity index (χ2v) is 5.63. The Morgan fingerprint density at radius 3 is 2.89 bits per heavy atom. The number of esters is 1. The van der Waals surface area contributed by atoms with Gasteiger partial charge in [0.25, 0.3) is 0 Å². The van der Waals surface area contributed by atoms with Gasteiger partial charge in [-0.2, -0.15) is 0 Å². The van der Waals surface area contributed by atoms with Crippen LogP contribution in [0.25, 0.3) is 0 Å². The monoisotopic (exact) mass is 282 g/mol. The second-order valence-electron chi connectivity index (χ2n) is 3.81. The number of anilines is 1. The van der Waals surface area contributed by atoms with Gasteiger partial charge in [-0.05, 0) is 18.4 Å². The first-order valence-corrected chi connectivity index (χ1v) is 7.19. The first-order valence-electron chi connectivity index (χ1n) is 5.43. The lowest BCUT2D eigenvalue weighted by Gasteiger charge is -2.23. The molecule has 0 amide bonds. The second kappa shape index (κ2) is 5.49. The summed E-state index contributed by atoms with van der Waals surface area (Å²) in [5.41, 5.74) is 0.364. The summed E-state index contributed by atoms with van der Waals surface area (Å²) < 4.78 is 4.65. The Balaban J connectivity index is 2.16. The van der Waals surface area contributed by atoms with E-state index in [2.05, 4.69) is 33.0 Å². The molecule has 0 N–H and O–H groups in total. The Kier molecular flexibility index (Phi) is 3.98. The molecule has 2 heterocycles. The third-order valence-corrected chi connectivity index (χ3v) is 4.70. The highest BCUT2D eigenvalue weighted by Crippen LogP contribution is 2.30. The van der Waals surface area contributed by atoms with Gasteiger partial charge in [0.15, 0.2) is 10.8 Å². The Labute approximate surface area is 114 Å². The van der Waals surface area contributed by atoms with E-state index >= 15 is 0 Å². The van der Waals surface area contributed by atoms with Gasteiger partial charge < -0.3 is 9.64 Å². The number of carbonyl (C=O) groups is 1. The highest BCUT2D eigenvalue weighted by atomic mass is 32.1. The van der Waals surface area contributed by atoms with E-state index in [4.69, 9.17) is 0 Å². The Morgan fingerprint density at radius 1 is 1.50 bits per heavy atom. The zero-order chi connectivity index (χ0) is 13.1. The topological polar surface area (TPSA) is 42.4 Å². The Hall–Kier alpha value is -1.40. The van der Waals surface area contributed by atoms with Crippen LogP contribution in [0.5, 0.6) is 0 Å². The average Bonchev–Trinajstić information content (AvgIpc) is 3.06. The molecular formula is C12H14N2O2S2. The van der Waals surface area contributed by atoms with Crippen molar-refractivity contribution in [1.82, 2.24) is 4.98 Å². The number of ether oxygens (including phenoxy) is 1. The van der Waals surface area contributed by atoms with Gasteiger partial charge in [-0.3, -0.25) is 0 Å². The fourth-order valence-corrected chi connectivity index (χ4v) is 3.18. The van der Waals surface area contributed by atoms with Gasteiger partial charge in [-0.15, -0.1) is 22.7 Å². The van der Waals surface area contributed by atoms with Gasteiger partial charge in [0.2, 0.25) is 0 Å². The number of methoxy groups -OCH3 is 1. The van der Waals surface area contributed by atoms with Gasteiger partial charge in [0.1, 0.15) is 0 Å². The normalized spacial score (nSPS) is 12.2. The molecule has 2 aromatic heterocycles. The number of hydrogen-bond acceptors (Lipinski definition) is 6.